The summed E-state index contributed by atoms with van der Waals surface area (Å²) >= 11 is 0. The first kappa shape index (κ1) is 13.0. The van der Waals surface area contributed by atoms with E-state index in [0.29, 0.717) is 4.90 Å². The van der Waals surface area contributed by atoms with Gasteiger partial charge in [0.2, 0.25) is 0 Å². The number of anilines is 1. The van der Waals surface area contributed by atoms with Crippen molar-refractivity contribution in [2.75, 3.05) is 5.73 Å². The van der Waals surface area contributed by atoms with Gasteiger partial charge >= 0.3 is 0 Å². The molecule has 104 valence electrons. The van der Waals surface area contributed by atoms with Crippen LogP contribution in [0.15, 0.2) is 42.5 Å². The highest BCUT2D eigenvalue weighted by molar-refractivity contribution is 6.32. The van der Waals surface area contributed by atoms with E-state index >= 15 is 0 Å². The van der Waals surface area contributed by atoms with Gasteiger partial charge in [0, 0.05) is 11.3 Å². The van der Waals surface area contributed by atoms with E-state index in [0.717, 1.165) is 12.1 Å². The Kier molecular flexibility index (Phi) is 2.79. The lowest BCUT2D eigenvalue weighted by Gasteiger charge is -2.11. The molecule has 3 amide bonds. The van der Waals surface area contributed by atoms with E-state index in [1.54, 1.807) is 0 Å². The number of hydrogen-bond donors (Lipinski definition) is 1. The van der Waals surface area contributed by atoms with Crippen LogP contribution in [0.25, 0.3) is 0 Å². The lowest BCUT2D eigenvalue weighted by Crippen LogP contribution is -2.36. The molecule has 0 spiro atoms. The molecule has 0 bridgehead atoms. The number of nitrogens with zero attached hydrogens (tertiary/aromatic N) is 1. The Morgan fingerprint density at radius 2 is 1.67 bits per heavy atom. The summed E-state index contributed by atoms with van der Waals surface area (Å²) in [6, 6.07) is 9.04. The molecule has 1 heterocycles. The number of fused-ring (bicyclic) bond motifs is 1. The fourth-order valence-corrected chi connectivity index (χ4v) is 2.22. The largest absolute Gasteiger partial charge is 0.398 e. The fourth-order valence-electron chi connectivity index (χ4n) is 2.22. The van der Waals surface area contributed by atoms with Crippen LogP contribution in [0.3, 0.4) is 0 Å². The van der Waals surface area contributed by atoms with Gasteiger partial charge in [0.25, 0.3) is 17.7 Å². The maximum atomic E-state index is 12.9. The Morgan fingerprint density at radius 3 is 2.29 bits per heavy atom. The average molecular weight is 284 g/mol. The minimum absolute atomic E-state index is 0.0259. The van der Waals surface area contributed by atoms with Crippen LogP contribution in [0.1, 0.15) is 31.1 Å². The van der Waals surface area contributed by atoms with E-state index < -0.39 is 23.5 Å². The first-order chi connectivity index (χ1) is 10.0. The van der Waals surface area contributed by atoms with Crippen LogP contribution in [0.2, 0.25) is 0 Å². The number of amides is 3. The molecule has 0 fully saturated rings. The SMILES string of the molecule is Nc1cccc2c1C(=O)N(C(=O)c1ccc(F)cc1)C2=O. The summed E-state index contributed by atoms with van der Waals surface area (Å²) in [5, 5.41) is 0. The molecule has 1 aliphatic rings. The average Bonchev–Trinajstić information content (AvgIpc) is 2.72. The maximum Gasteiger partial charge on any atom is 0.270 e. The summed E-state index contributed by atoms with van der Waals surface area (Å²) < 4.78 is 12.9. The van der Waals surface area contributed by atoms with Crippen LogP contribution in [0.5, 0.6) is 0 Å². The molecular weight excluding hydrogens is 275 g/mol. The quantitative estimate of drug-likeness (QED) is 0.640. The molecule has 0 aliphatic carbocycles. The van der Waals surface area contributed by atoms with Gasteiger partial charge in [0.1, 0.15) is 5.82 Å². The van der Waals surface area contributed by atoms with E-state index in [1.807, 2.05) is 0 Å². The third kappa shape index (κ3) is 1.88. The Bertz CT molecular complexity index is 784. The van der Waals surface area contributed by atoms with Gasteiger partial charge in [-0.2, -0.15) is 0 Å². The first-order valence-electron chi connectivity index (χ1n) is 6.08. The minimum atomic E-state index is -0.805. The van der Waals surface area contributed by atoms with Crippen LogP contribution < -0.4 is 5.73 Å². The van der Waals surface area contributed by atoms with Crippen molar-refractivity contribution in [1.29, 1.82) is 0 Å². The van der Waals surface area contributed by atoms with Crippen molar-refractivity contribution in [1.82, 2.24) is 4.90 Å². The maximum absolute atomic E-state index is 12.9. The van der Waals surface area contributed by atoms with Gasteiger partial charge in [-0.05, 0) is 36.4 Å². The Balaban J connectivity index is 2.04. The molecular formula is C15H9FN2O3. The van der Waals surface area contributed by atoms with Crippen molar-refractivity contribution in [3.05, 3.63) is 65.0 Å². The molecule has 0 atom stereocenters. The second-order valence-electron chi connectivity index (χ2n) is 4.53. The molecule has 21 heavy (non-hydrogen) atoms. The Hall–Kier alpha value is -3.02. The summed E-state index contributed by atoms with van der Waals surface area (Å²) in [6.07, 6.45) is 0. The van der Waals surface area contributed by atoms with E-state index in [9.17, 15) is 18.8 Å². The summed E-state index contributed by atoms with van der Waals surface area (Å²) in [7, 11) is 0. The van der Waals surface area contributed by atoms with Crippen molar-refractivity contribution in [2.24, 2.45) is 0 Å². The summed E-state index contributed by atoms with van der Waals surface area (Å²) in [4.78, 5) is 37.2. The number of rotatable bonds is 1. The lowest BCUT2D eigenvalue weighted by atomic mass is 10.1. The van der Waals surface area contributed by atoms with E-state index in [-0.39, 0.29) is 22.4 Å². The molecule has 0 unspecified atom stereocenters. The van der Waals surface area contributed by atoms with Crippen molar-refractivity contribution in [2.45, 2.75) is 0 Å². The molecule has 0 radical (unpaired) electrons. The van der Waals surface area contributed by atoms with Gasteiger partial charge in [0.15, 0.2) is 0 Å². The van der Waals surface area contributed by atoms with Crippen molar-refractivity contribution >= 4 is 23.4 Å². The molecule has 0 saturated heterocycles. The molecule has 5 nitrogen and oxygen atoms in total. The third-order valence-corrected chi connectivity index (χ3v) is 3.24. The molecule has 3 rings (SSSR count). The molecule has 1 aliphatic heterocycles. The standard InChI is InChI=1S/C15H9FN2O3/c16-9-6-4-8(5-7-9)13(19)18-14(20)10-2-1-3-11(17)12(10)15(18)21/h1-7H,17H2. The third-order valence-electron chi connectivity index (χ3n) is 3.24. The van der Waals surface area contributed by atoms with Crippen LogP contribution in [0, 0.1) is 5.82 Å². The second kappa shape index (κ2) is 4.52. The summed E-state index contributed by atoms with van der Waals surface area (Å²) in [6.45, 7) is 0. The lowest BCUT2D eigenvalue weighted by molar-refractivity contribution is 0.0566. The first-order valence-corrected chi connectivity index (χ1v) is 6.08. The topological polar surface area (TPSA) is 80.5 Å². The monoisotopic (exact) mass is 284 g/mol. The van der Waals surface area contributed by atoms with Gasteiger partial charge in [-0.25, -0.2) is 9.29 Å². The van der Waals surface area contributed by atoms with E-state index in [4.69, 9.17) is 5.73 Å². The smallest absolute Gasteiger partial charge is 0.270 e. The highest BCUT2D eigenvalue weighted by atomic mass is 19.1. The zero-order chi connectivity index (χ0) is 15.1. The molecule has 6 heteroatoms. The molecule has 2 aromatic carbocycles. The van der Waals surface area contributed by atoms with Gasteiger partial charge < -0.3 is 5.73 Å². The predicted octanol–water partition coefficient (Wildman–Crippen LogP) is 1.84. The van der Waals surface area contributed by atoms with Crippen molar-refractivity contribution in [3.8, 4) is 0 Å². The van der Waals surface area contributed by atoms with Crippen LogP contribution in [-0.2, 0) is 0 Å². The van der Waals surface area contributed by atoms with Crippen molar-refractivity contribution < 1.29 is 18.8 Å². The second-order valence-corrected chi connectivity index (χ2v) is 4.53. The molecule has 0 saturated carbocycles. The number of carbonyl (C=O) groups is 3. The van der Waals surface area contributed by atoms with E-state index in [2.05, 4.69) is 0 Å². The zero-order valence-corrected chi connectivity index (χ0v) is 10.7. The summed E-state index contributed by atoms with van der Waals surface area (Å²) in [5.41, 5.74) is 5.99. The van der Waals surface area contributed by atoms with Crippen LogP contribution >= 0.6 is 0 Å². The Labute approximate surface area is 118 Å². The van der Waals surface area contributed by atoms with Crippen LogP contribution in [0.4, 0.5) is 10.1 Å². The normalized spacial score (nSPS) is 13.5. The van der Waals surface area contributed by atoms with Gasteiger partial charge in [-0.1, -0.05) is 6.07 Å². The molecule has 0 aromatic heterocycles. The van der Waals surface area contributed by atoms with Gasteiger partial charge in [-0.15, -0.1) is 0 Å². The number of carbonyl (C=O) groups excluding carboxylic acids is 3. The number of halogens is 1. The number of benzene rings is 2. The minimum Gasteiger partial charge on any atom is -0.398 e. The molecule has 2 N–H and O–H groups in total. The summed E-state index contributed by atoms with van der Waals surface area (Å²) in [5.74, 6) is -2.81. The van der Waals surface area contributed by atoms with E-state index in [1.165, 1.54) is 30.3 Å². The fraction of sp³-hybridized carbons (Fsp3) is 0. The molecule has 2 aromatic rings. The highest BCUT2D eigenvalue weighted by Gasteiger charge is 2.41. The highest BCUT2D eigenvalue weighted by Crippen LogP contribution is 2.28. The number of nitrogen functional groups attached to an aromatic ring is 1. The van der Waals surface area contributed by atoms with Crippen molar-refractivity contribution in [3.63, 3.8) is 0 Å². The number of nitrogens with two attached hydrogens (primary N) is 1. The van der Waals surface area contributed by atoms with Gasteiger partial charge in [-0.3, -0.25) is 14.4 Å². The van der Waals surface area contributed by atoms with Crippen LogP contribution in [-0.4, -0.2) is 22.6 Å². The predicted molar refractivity (Wildman–Crippen MR) is 72.1 cm³/mol. The number of imide groups is 3. The van der Waals surface area contributed by atoms with Gasteiger partial charge in [0.05, 0.1) is 11.1 Å². The number of hydrogen-bond acceptors (Lipinski definition) is 4. The zero-order valence-electron chi connectivity index (χ0n) is 10.7. The Morgan fingerprint density at radius 1 is 1.00 bits per heavy atom.